The summed E-state index contributed by atoms with van der Waals surface area (Å²) in [5, 5.41) is 1.37. The Labute approximate surface area is 120 Å². The lowest BCUT2D eigenvalue weighted by Gasteiger charge is -2.16. The Morgan fingerprint density at radius 3 is 1.95 bits per heavy atom. The van der Waals surface area contributed by atoms with E-state index in [0.717, 1.165) is 0 Å². The van der Waals surface area contributed by atoms with E-state index in [-0.39, 0.29) is 0 Å². The summed E-state index contributed by atoms with van der Waals surface area (Å²) in [6, 6.07) is 18.9. The number of hydrogen-bond donors (Lipinski definition) is 2. The number of aromatic nitrogens is 2. The van der Waals surface area contributed by atoms with Crippen molar-refractivity contribution in [3.63, 3.8) is 0 Å². The molecule has 0 fully saturated rings. The van der Waals surface area contributed by atoms with Crippen molar-refractivity contribution in [3.8, 4) is 0 Å². The van der Waals surface area contributed by atoms with E-state index in [2.05, 4.69) is 71.5 Å². The molecular formula is C17H17N2P. The van der Waals surface area contributed by atoms with Gasteiger partial charge in [0.25, 0.3) is 0 Å². The molecule has 0 aliphatic heterocycles. The first-order chi connectivity index (χ1) is 9.84. The zero-order valence-electron chi connectivity index (χ0n) is 11.4. The third kappa shape index (κ3) is 2.76. The van der Waals surface area contributed by atoms with E-state index in [9.17, 15) is 0 Å². The van der Waals surface area contributed by atoms with Gasteiger partial charge in [0.1, 0.15) is 0 Å². The normalized spacial score (nSPS) is 12.0. The van der Waals surface area contributed by atoms with Gasteiger partial charge >= 0.3 is 0 Å². The second-order valence-corrected chi connectivity index (χ2v) is 6.98. The van der Waals surface area contributed by atoms with Crippen LogP contribution in [0.4, 0.5) is 0 Å². The Kier molecular flexibility index (Phi) is 3.85. The minimum Gasteiger partial charge on any atom is -0.361 e. The SMILES string of the molecule is CC(=Cc1ccccc1)P(c1ccc[nH]1)c1ccc[nH]1. The van der Waals surface area contributed by atoms with E-state index in [1.807, 2.05) is 18.5 Å². The molecule has 3 heteroatoms. The van der Waals surface area contributed by atoms with E-state index >= 15 is 0 Å². The molecule has 0 unspecified atom stereocenters. The van der Waals surface area contributed by atoms with E-state index in [1.54, 1.807) is 0 Å². The summed E-state index contributed by atoms with van der Waals surface area (Å²) in [5.41, 5.74) is 3.79. The third-order valence-corrected chi connectivity index (χ3v) is 5.53. The van der Waals surface area contributed by atoms with Gasteiger partial charge in [-0.05, 0) is 42.1 Å². The highest BCUT2D eigenvalue weighted by atomic mass is 31.1. The monoisotopic (exact) mass is 280 g/mol. The fraction of sp³-hybridized carbons (Fsp3) is 0.0588. The summed E-state index contributed by atoms with van der Waals surface area (Å²) in [5.74, 6) is 0. The summed E-state index contributed by atoms with van der Waals surface area (Å²) in [6.07, 6.45) is 6.25. The second-order valence-electron chi connectivity index (χ2n) is 4.64. The quantitative estimate of drug-likeness (QED) is 0.681. The van der Waals surface area contributed by atoms with E-state index < -0.39 is 7.92 Å². The van der Waals surface area contributed by atoms with Crippen molar-refractivity contribution >= 4 is 24.9 Å². The van der Waals surface area contributed by atoms with Crippen molar-refractivity contribution < 1.29 is 0 Å². The van der Waals surface area contributed by atoms with Gasteiger partial charge in [-0.15, -0.1) is 0 Å². The number of allylic oxidation sites excluding steroid dienone is 1. The number of benzene rings is 1. The highest BCUT2D eigenvalue weighted by Gasteiger charge is 2.17. The summed E-state index contributed by atoms with van der Waals surface area (Å²) in [7, 11) is -0.512. The molecule has 0 aliphatic carbocycles. The number of hydrogen-bond acceptors (Lipinski definition) is 0. The average molecular weight is 280 g/mol. The lowest BCUT2D eigenvalue weighted by Crippen LogP contribution is -2.13. The first-order valence-electron chi connectivity index (χ1n) is 6.65. The first-order valence-corrected chi connectivity index (χ1v) is 7.99. The molecule has 2 N–H and O–H groups in total. The number of nitrogens with one attached hydrogen (secondary N) is 2. The largest absolute Gasteiger partial charge is 0.361 e. The molecular weight excluding hydrogens is 263 g/mol. The molecule has 0 radical (unpaired) electrons. The van der Waals surface area contributed by atoms with E-state index in [4.69, 9.17) is 0 Å². The lowest BCUT2D eigenvalue weighted by molar-refractivity contribution is 1.45. The number of aromatic amines is 2. The standard InChI is InChI=1S/C17H17N2P/c1-14(13-15-7-3-2-4-8-15)20(16-9-5-11-18-16)17-10-6-12-19-17/h2-13,18-19H,1H3. The average Bonchev–Trinajstić information content (AvgIpc) is 3.14. The Morgan fingerprint density at radius 2 is 1.45 bits per heavy atom. The molecule has 3 rings (SSSR count). The summed E-state index contributed by atoms with van der Waals surface area (Å²) < 4.78 is 0. The molecule has 2 heterocycles. The molecule has 0 bridgehead atoms. The van der Waals surface area contributed by atoms with Crippen molar-refractivity contribution in [3.05, 3.63) is 77.9 Å². The molecule has 0 saturated carbocycles. The maximum absolute atomic E-state index is 3.36. The van der Waals surface area contributed by atoms with E-state index in [0.29, 0.717) is 0 Å². The third-order valence-electron chi connectivity index (χ3n) is 3.17. The first kappa shape index (κ1) is 13.0. The highest BCUT2D eigenvalue weighted by molar-refractivity contribution is 7.76. The van der Waals surface area contributed by atoms with Crippen LogP contribution in [0.3, 0.4) is 0 Å². The smallest absolute Gasteiger partial charge is 0.0487 e. The lowest BCUT2D eigenvalue weighted by atomic mass is 10.2. The van der Waals surface area contributed by atoms with Gasteiger partial charge in [-0.25, -0.2) is 0 Å². The zero-order chi connectivity index (χ0) is 13.8. The summed E-state index contributed by atoms with van der Waals surface area (Å²) >= 11 is 0. The van der Waals surface area contributed by atoms with Crippen molar-refractivity contribution in [2.24, 2.45) is 0 Å². The molecule has 0 aliphatic rings. The molecule has 20 heavy (non-hydrogen) atoms. The van der Waals surface area contributed by atoms with Crippen LogP contribution in [0.25, 0.3) is 6.08 Å². The van der Waals surface area contributed by atoms with Crippen LogP contribution in [0.5, 0.6) is 0 Å². The molecule has 0 saturated heterocycles. The molecule has 3 aromatic rings. The Balaban J connectivity index is 2.00. The molecule has 0 atom stereocenters. The summed E-state index contributed by atoms with van der Waals surface area (Å²) in [4.78, 5) is 6.72. The van der Waals surface area contributed by atoms with Crippen LogP contribution in [0.1, 0.15) is 12.5 Å². The van der Waals surface area contributed by atoms with Crippen LogP contribution >= 0.6 is 7.92 Å². The van der Waals surface area contributed by atoms with E-state index in [1.165, 1.54) is 21.7 Å². The molecule has 2 nitrogen and oxygen atoms in total. The van der Waals surface area contributed by atoms with Gasteiger partial charge in [0.15, 0.2) is 0 Å². The van der Waals surface area contributed by atoms with Crippen LogP contribution < -0.4 is 10.9 Å². The van der Waals surface area contributed by atoms with Crippen molar-refractivity contribution in [2.45, 2.75) is 6.92 Å². The predicted molar refractivity (Wildman–Crippen MR) is 87.9 cm³/mol. The second kappa shape index (κ2) is 5.94. The molecule has 0 amide bonds. The van der Waals surface area contributed by atoms with Gasteiger partial charge < -0.3 is 9.97 Å². The van der Waals surface area contributed by atoms with Gasteiger partial charge in [-0.1, -0.05) is 36.4 Å². The fourth-order valence-electron chi connectivity index (χ4n) is 2.28. The van der Waals surface area contributed by atoms with Crippen LogP contribution in [0, 0.1) is 0 Å². The van der Waals surface area contributed by atoms with Crippen LogP contribution in [0.2, 0.25) is 0 Å². The summed E-state index contributed by atoms with van der Waals surface area (Å²) in [6.45, 7) is 2.21. The number of rotatable bonds is 4. The Bertz CT molecular complexity index is 633. The van der Waals surface area contributed by atoms with Crippen LogP contribution in [0.15, 0.2) is 72.3 Å². The maximum atomic E-state index is 3.36. The molecule has 100 valence electrons. The van der Waals surface area contributed by atoms with Crippen LogP contribution in [-0.2, 0) is 0 Å². The maximum Gasteiger partial charge on any atom is 0.0487 e. The van der Waals surface area contributed by atoms with Gasteiger partial charge in [0.05, 0.1) is 0 Å². The zero-order valence-corrected chi connectivity index (χ0v) is 12.3. The Morgan fingerprint density at radius 1 is 0.850 bits per heavy atom. The molecule has 0 spiro atoms. The Hall–Kier alpha value is -2.05. The van der Waals surface area contributed by atoms with Crippen molar-refractivity contribution in [2.75, 3.05) is 0 Å². The fourth-order valence-corrected chi connectivity index (χ4v) is 4.46. The highest BCUT2D eigenvalue weighted by Crippen LogP contribution is 2.42. The molecule has 2 aromatic heterocycles. The van der Waals surface area contributed by atoms with Gasteiger partial charge in [0.2, 0.25) is 0 Å². The van der Waals surface area contributed by atoms with Gasteiger partial charge in [0, 0.05) is 31.2 Å². The van der Waals surface area contributed by atoms with Crippen LogP contribution in [-0.4, -0.2) is 9.97 Å². The van der Waals surface area contributed by atoms with Crippen molar-refractivity contribution in [1.29, 1.82) is 0 Å². The minimum absolute atomic E-state index is 0.512. The van der Waals surface area contributed by atoms with Crippen molar-refractivity contribution in [1.82, 2.24) is 9.97 Å². The topological polar surface area (TPSA) is 31.6 Å². The van der Waals surface area contributed by atoms with Gasteiger partial charge in [-0.2, -0.15) is 0 Å². The predicted octanol–water partition coefficient (Wildman–Crippen LogP) is 3.84. The number of H-pyrrole nitrogens is 2. The minimum atomic E-state index is -0.512. The molecule has 1 aromatic carbocycles. The van der Waals surface area contributed by atoms with Gasteiger partial charge in [-0.3, -0.25) is 0 Å².